The molecule has 0 aliphatic heterocycles. The molecule has 0 spiro atoms. The molecular formula is C23H19F3N2O2. The van der Waals surface area contributed by atoms with E-state index in [1.54, 1.807) is 30.3 Å². The highest BCUT2D eigenvalue weighted by atomic mass is 19.1. The van der Waals surface area contributed by atoms with Crippen molar-refractivity contribution in [3.63, 3.8) is 0 Å². The van der Waals surface area contributed by atoms with Gasteiger partial charge in [0.15, 0.2) is 0 Å². The van der Waals surface area contributed by atoms with E-state index in [4.69, 9.17) is 5.73 Å². The third-order valence-corrected chi connectivity index (χ3v) is 4.83. The molecule has 154 valence electrons. The van der Waals surface area contributed by atoms with Crippen LogP contribution in [0.3, 0.4) is 0 Å². The molecule has 2 atom stereocenters. The van der Waals surface area contributed by atoms with Crippen molar-refractivity contribution in [2.45, 2.75) is 19.0 Å². The Balaban J connectivity index is 2.20. The topological polar surface area (TPSA) is 63.4 Å². The number of nitrogens with two attached hydrogens (primary N) is 1. The number of carbonyl (C=O) groups excluding carboxylic acids is 2. The summed E-state index contributed by atoms with van der Waals surface area (Å²) in [6.07, 6.45) is 0. The molecule has 0 radical (unpaired) electrons. The van der Waals surface area contributed by atoms with Crippen molar-refractivity contribution in [1.29, 1.82) is 0 Å². The second kappa shape index (κ2) is 8.82. The van der Waals surface area contributed by atoms with Gasteiger partial charge in [0.1, 0.15) is 23.5 Å². The first-order valence-electron chi connectivity index (χ1n) is 9.17. The second-order valence-corrected chi connectivity index (χ2v) is 6.75. The van der Waals surface area contributed by atoms with E-state index >= 15 is 0 Å². The zero-order valence-corrected chi connectivity index (χ0v) is 16.1. The highest BCUT2D eigenvalue weighted by Gasteiger charge is 2.36. The van der Waals surface area contributed by atoms with Crippen LogP contribution in [0.15, 0.2) is 72.8 Å². The molecule has 0 aliphatic carbocycles. The Morgan fingerprint density at radius 3 is 2.13 bits per heavy atom. The van der Waals surface area contributed by atoms with E-state index in [1.165, 1.54) is 25.1 Å². The average Bonchev–Trinajstić information content (AvgIpc) is 2.73. The van der Waals surface area contributed by atoms with E-state index in [0.29, 0.717) is 5.56 Å². The van der Waals surface area contributed by atoms with Gasteiger partial charge in [0.05, 0.1) is 11.6 Å². The predicted molar refractivity (Wildman–Crippen MR) is 106 cm³/mol. The van der Waals surface area contributed by atoms with Crippen molar-refractivity contribution in [2.24, 2.45) is 5.73 Å². The van der Waals surface area contributed by atoms with Crippen LogP contribution in [0.25, 0.3) is 0 Å². The summed E-state index contributed by atoms with van der Waals surface area (Å²) in [5.41, 5.74) is 5.49. The molecule has 0 heterocycles. The maximum absolute atomic E-state index is 14.5. The molecule has 0 aliphatic rings. The van der Waals surface area contributed by atoms with E-state index in [-0.39, 0.29) is 11.1 Å². The fourth-order valence-electron chi connectivity index (χ4n) is 3.37. The molecule has 3 aromatic rings. The molecule has 0 fully saturated rings. The van der Waals surface area contributed by atoms with Crippen LogP contribution in [0.2, 0.25) is 0 Å². The maximum atomic E-state index is 14.5. The molecule has 0 bridgehead atoms. The quantitative estimate of drug-likeness (QED) is 0.646. The van der Waals surface area contributed by atoms with Crippen LogP contribution < -0.4 is 5.73 Å². The molecule has 30 heavy (non-hydrogen) atoms. The zero-order valence-electron chi connectivity index (χ0n) is 16.1. The van der Waals surface area contributed by atoms with E-state index in [0.717, 1.165) is 29.2 Å². The molecular weight excluding hydrogens is 393 g/mol. The molecule has 2 amide bonds. The number of nitrogens with zero attached hydrogens (tertiary/aromatic N) is 1. The number of hydrogen-bond acceptors (Lipinski definition) is 2. The molecule has 2 N–H and O–H groups in total. The summed E-state index contributed by atoms with van der Waals surface area (Å²) in [6, 6.07) is 13.7. The van der Waals surface area contributed by atoms with Gasteiger partial charge in [-0.25, -0.2) is 13.2 Å². The van der Waals surface area contributed by atoms with Gasteiger partial charge < -0.3 is 10.6 Å². The third-order valence-electron chi connectivity index (χ3n) is 4.83. The van der Waals surface area contributed by atoms with Crippen LogP contribution in [0.5, 0.6) is 0 Å². The van der Waals surface area contributed by atoms with Crippen molar-refractivity contribution >= 4 is 11.8 Å². The Kier molecular flexibility index (Phi) is 6.20. The summed E-state index contributed by atoms with van der Waals surface area (Å²) in [7, 11) is 0. The van der Waals surface area contributed by atoms with Crippen LogP contribution in [0.4, 0.5) is 13.2 Å². The maximum Gasteiger partial charge on any atom is 0.258 e. The first-order chi connectivity index (χ1) is 14.3. The van der Waals surface area contributed by atoms with Crippen LogP contribution in [0, 0.1) is 17.5 Å². The Hall–Kier alpha value is -3.61. The second-order valence-electron chi connectivity index (χ2n) is 6.75. The lowest BCUT2D eigenvalue weighted by molar-refractivity contribution is -0.123. The summed E-state index contributed by atoms with van der Waals surface area (Å²) >= 11 is 0. The third kappa shape index (κ3) is 4.20. The predicted octanol–water partition coefficient (Wildman–Crippen LogP) is 4.53. The highest BCUT2D eigenvalue weighted by molar-refractivity contribution is 5.98. The molecule has 0 aromatic heterocycles. The van der Waals surface area contributed by atoms with E-state index in [1.807, 2.05) is 0 Å². The van der Waals surface area contributed by atoms with Crippen molar-refractivity contribution in [2.75, 3.05) is 0 Å². The molecule has 0 saturated carbocycles. The Bertz CT molecular complexity index is 1070. The lowest BCUT2D eigenvalue weighted by Crippen LogP contribution is -2.43. The Morgan fingerprint density at radius 2 is 1.50 bits per heavy atom. The van der Waals surface area contributed by atoms with Gasteiger partial charge in [0.2, 0.25) is 5.91 Å². The molecule has 3 rings (SSSR count). The SMILES string of the molecule is C[C@H](c1cc(F)ccc1F)N(C(=O)c1ccccc1F)[C@@H](C(N)=O)c1ccccc1. The van der Waals surface area contributed by atoms with Gasteiger partial charge in [-0.05, 0) is 42.8 Å². The summed E-state index contributed by atoms with van der Waals surface area (Å²) in [5, 5.41) is 0. The van der Waals surface area contributed by atoms with Crippen molar-refractivity contribution in [3.8, 4) is 0 Å². The standard InChI is InChI=1S/C23H19F3N2O2/c1-14(18-13-16(24)11-12-20(18)26)28(23(30)17-9-5-6-10-19(17)25)21(22(27)29)15-7-3-2-4-8-15/h2-14,21H,1H3,(H2,27,29)/t14-,21-/m1/s1. The van der Waals surface area contributed by atoms with Crippen molar-refractivity contribution in [3.05, 3.63) is 107 Å². The summed E-state index contributed by atoms with van der Waals surface area (Å²) < 4.78 is 42.7. The largest absolute Gasteiger partial charge is 0.368 e. The van der Waals surface area contributed by atoms with Gasteiger partial charge in [-0.2, -0.15) is 0 Å². The number of hydrogen-bond donors (Lipinski definition) is 1. The summed E-state index contributed by atoms with van der Waals surface area (Å²) in [4.78, 5) is 26.8. The minimum atomic E-state index is -1.34. The highest BCUT2D eigenvalue weighted by Crippen LogP contribution is 2.34. The summed E-state index contributed by atoms with van der Waals surface area (Å²) in [5.74, 6) is -4.07. The van der Waals surface area contributed by atoms with Crippen LogP contribution >= 0.6 is 0 Å². The smallest absolute Gasteiger partial charge is 0.258 e. The Morgan fingerprint density at radius 1 is 0.867 bits per heavy atom. The van der Waals surface area contributed by atoms with Gasteiger partial charge in [-0.3, -0.25) is 9.59 Å². The fraction of sp³-hybridized carbons (Fsp3) is 0.130. The lowest BCUT2D eigenvalue weighted by Gasteiger charge is -2.35. The van der Waals surface area contributed by atoms with Crippen LogP contribution in [0.1, 0.15) is 40.5 Å². The summed E-state index contributed by atoms with van der Waals surface area (Å²) in [6.45, 7) is 1.43. The van der Waals surface area contributed by atoms with Gasteiger partial charge in [0.25, 0.3) is 5.91 Å². The van der Waals surface area contributed by atoms with E-state index < -0.39 is 41.3 Å². The Labute approximate surface area is 171 Å². The van der Waals surface area contributed by atoms with E-state index in [2.05, 4.69) is 0 Å². The normalized spacial score (nSPS) is 12.8. The minimum Gasteiger partial charge on any atom is -0.368 e. The molecule has 4 nitrogen and oxygen atoms in total. The number of carbonyl (C=O) groups is 2. The van der Waals surface area contributed by atoms with Crippen LogP contribution in [-0.2, 0) is 4.79 Å². The number of rotatable bonds is 6. The van der Waals surface area contributed by atoms with Gasteiger partial charge in [-0.15, -0.1) is 0 Å². The zero-order chi connectivity index (χ0) is 21.8. The molecule has 3 aromatic carbocycles. The van der Waals surface area contributed by atoms with Crippen molar-refractivity contribution < 1.29 is 22.8 Å². The molecule has 0 unspecified atom stereocenters. The van der Waals surface area contributed by atoms with E-state index in [9.17, 15) is 22.8 Å². The number of benzene rings is 3. The molecule has 0 saturated heterocycles. The van der Waals surface area contributed by atoms with Gasteiger partial charge in [0, 0.05) is 5.56 Å². The number of primary amides is 1. The van der Waals surface area contributed by atoms with Gasteiger partial charge in [-0.1, -0.05) is 42.5 Å². The number of amides is 2. The number of halogens is 3. The molecule has 7 heteroatoms. The van der Waals surface area contributed by atoms with Crippen molar-refractivity contribution in [1.82, 2.24) is 4.90 Å². The average molecular weight is 412 g/mol. The van der Waals surface area contributed by atoms with Gasteiger partial charge >= 0.3 is 0 Å². The lowest BCUT2D eigenvalue weighted by atomic mass is 9.97. The first-order valence-corrected chi connectivity index (χ1v) is 9.17. The monoisotopic (exact) mass is 412 g/mol. The fourth-order valence-corrected chi connectivity index (χ4v) is 3.37. The minimum absolute atomic E-state index is 0.165. The van der Waals surface area contributed by atoms with Crippen LogP contribution in [-0.4, -0.2) is 16.7 Å². The first kappa shape index (κ1) is 21.1.